The fourth-order valence-electron chi connectivity index (χ4n) is 3.76. The average Bonchev–Trinajstić information content (AvgIpc) is 2.90. The first-order chi connectivity index (χ1) is 17.6. The summed E-state index contributed by atoms with van der Waals surface area (Å²) in [5.74, 6) is 3.13. The molecule has 0 saturated carbocycles. The molecule has 0 amide bonds. The fraction of sp³-hybridized carbons (Fsp3) is 0.161. The third kappa shape index (κ3) is 7.15. The molecule has 4 nitrogen and oxygen atoms in total. The first-order valence-corrected chi connectivity index (χ1v) is 12.8. The zero-order chi connectivity index (χ0) is 25.2. The van der Waals surface area contributed by atoms with E-state index in [1.165, 1.54) is 0 Å². The lowest BCUT2D eigenvalue weighted by Gasteiger charge is -2.18. The summed E-state index contributed by atoms with van der Waals surface area (Å²) in [4.78, 5) is 0. The Morgan fingerprint density at radius 1 is 0.833 bits per heavy atom. The van der Waals surface area contributed by atoms with Gasteiger partial charge in [-0.1, -0.05) is 52.3 Å². The molecule has 4 aromatic carbocycles. The van der Waals surface area contributed by atoms with E-state index in [1.807, 2.05) is 97.9 Å². The van der Waals surface area contributed by atoms with Crippen molar-refractivity contribution in [3.05, 3.63) is 125 Å². The molecular formula is C31H30BrNO3. The smallest absolute Gasteiger partial charge is 0.165 e. The number of nitrogens with one attached hydrogen (secondary N) is 1. The second-order valence-electron chi connectivity index (χ2n) is 8.22. The highest BCUT2D eigenvalue weighted by Gasteiger charge is 2.14. The molecule has 5 heteroatoms. The van der Waals surface area contributed by atoms with Gasteiger partial charge in [0.25, 0.3) is 0 Å². The van der Waals surface area contributed by atoms with E-state index in [2.05, 4.69) is 33.9 Å². The largest absolute Gasteiger partial charge is 0.490 e. The predicted molar refractivity (Wildman–Crippen MR) is 150 cm³/mol. The van der Waals surface area contributed by atoms with E-state index in [9.17, 15) is 0 Å². The predicted octanol–water partition coefficient (Wildman–Crippen LogP) is 8.56. The maximum atomic E-state index is 6.26. The molecule has 0 heterocycles. The van der Waals surface area contributed by atoms with Crippen molar-refractivity contribution in [3.8, 4) is 23.0 Å². The first-order valence-electron chi connectivity index (χ1n) is 12.0. The lowest BCUT2D eigenvalue weighted by Crippen LogP contribution is -2.06. The van der Waals surface area contributed by atoms with Crippen molar-refractivity contribution in [2.45, 2.75) is 26.5 Å². The Morgan fingerprint density at radius 3 is 2.25 bits per heavy atom. The zero-order valence-electron chi connectivity index (χ0n) is 20.4. The summed E-state index contributed by atoms with van der Waals surface area (Å²) < 4.78 is 19.2. The fourth-order valence-corrected chi connectivity index (χ4v) is 4.03. The highest BCUT2D eigenvalue weighted by Crippen LogP contribution is 2.35. The molecule has 0 fully saturated rings. The van der Waals surface area contributed by atoms with E-state index in [0.717, 1.165) is 49.8 Å². The maximum absolute atomic E-state index is 6.26. The van der Waals surface area contributed by atoms with Crippen LogP contribution < -0.4 is 19.5 Å². The SMILES string of the molecule is C=CCc1cc(CNc2ccc(Oc3ccccc3)cc2)cc(OCC)c1OCc1ccc(Br)cc1. The van der Waals surface area contributed by atoms with Crippen molar-refractivity contribution in [2.75, 3.05) is 11.9 Å². The van der Waals surface area contributed by atoms with Crippen LogP contribution >= 0.6 is 15.9 Å². The standard InChI is InChI=1S/C31H30BrNO3/c1-3-8-25-19-24(20-30(34-4-2)31(25)35-22-23-11-13-26(32)14-12-23)21-33-27-15-17-29(18-16-27)36-28-9-6-5-7-10-28/h3,5-7,9-20,33H,1,4,8,21-22H2,2H3. The van der Waals surface area contributed by atoms with Crippen LogP contribution in [0, 0.1) is 0 Å². The van der Waals surface area contributed by atoms with Gasteiger partial charge in [-0.25, -0.2) is 0 Å². The minimum atomic E-state index is 0.465. The summed E-state index contributed by atoms with van der Waals surface area (Å²) in [6, 6.07) is 30.0. The van der Waals surface area contributed by atoms with Gasteiger partial charge in [0.1, 0.15) is 18.1 Å². The molecule has 0 radical (unpaired) electrons. The third-order valence-corrected chi connectivity index (χ3v) is 6.01. The van der Waals surface area contributed by atoms with Gasteiger partial charge in [0.2, 0.25) is 0 Å². The molecule has 0 bridgehead atoms. The number of anilines is 1. The Bertz CT molecular complexity index is 1260. The van der Waals surface area contributed by atoms with Crippen LogP contribution in [-0.4, -0.2) is 6.61 Å². The van der Waals surface area contributed by atoms with E-state index in [0.29, 0.717) is 26.2 Å². The van der Waals surface area contributed by atoms with E-state index in [1.54, 1.807) is 0 Å². The first kappa shape index (κ1) is 25.4. The number of para-hydroxylation sites is 1. The number of rotatable bonds is 12. The van der Waals surface area contributed by atoms with Crippen LogP contribution in [0.15, 0.2) is 108 Å². The average molecular weight is 544 g/mol. The van der Waals surface area contributed by atoms with Crippen molar-refractivity contribution in [1.29, 1.82) is 0 Å². The van der Waals surface area contributed by atoms with Crippen LogP contribution in [0.2, 0.25) is 0 Å². The number of ether oxygens (including phenoxy) is 3. The molecular weight excluding hydrogens is 514 g/mol. The summed E-state index contributed by atoms with van der Waals surface area (Å²) in [5.41, 5.74) is 4.26. The number of hydrogen-bond donors (Lipinski definition) is 1. The Morgan fingerprint density at radius 2 is 1.56 bits per heavy atom. The molecule has 4 aromatic rings. The molecule has 0 aliphatic heterocycles. The van der Waals surface area contributed by atoms with Gasteiger partial charge in [0.15, 0.2) is 11.5 Å². The molecule has 0 aromatic heterocycles. The van der Waals surface area contributed by atoms with Gasteiger partial charge in [0.05, 0.1) is 6.61 Å². The van der Waals surface area contributed by atoms with Gasteiger partial charge >= 0.3 is 0 Å². The summed E-state index contributed by atoms with van der Waals surface area (Å²) in [6.45, 7) is 7.59. The van der Waals surface area contributed by atoms with Crippen LogP contribution in [0.25, 0.3) is 0 Å². The molecule has 1 N–H and O–H groups in total. The van der Waals surface area contributed by atoms with E-state index in [-0.39, 0.29) is 0 Å². The van der Waals surface area contributed by atoms with Crippen LogP contribution in [0.4, 0.5) is 5.69 Å². The van der Waals surface area contributed by atoms with Crippen molar-refractivity contribution >= 4 is 21.6 Å². The molecule has 0 atom stereocenters. The lowest BCUT2D eigenvalue weighted by atomic mass is 10.0. The number of allylic oxidation sites excluding steroid dienone is 1. The molecule has 4 rings (SSSR count). The minimum Gasteiger partial charge on any atom is -0.490 e. The van der Waals surface area contributed by atoms with Crippen LogP contribution in [0.3, 0.4) is 0 Å². The Labute approximate surface area is 221 Å². The van der Waals surface area contributed by atoms with Crippen LogP contribution in [0.1, 0.15) is 23.6 Å². The summed E-state index contributed by atoms with van der Waals surface area (Å²) in [7, 11) is 0. The Hall–Kier alpha value is -3.70. The number of hydrogen-bond acceptors (Lipinski definition) is 4. The lowest BCUT2D eigenvalue weighted by molar-refractivity contribution is 0.267. The van der Waals surface area contributed by atoms with Crippen molar-refractivity contribution in [3.63, 3.8) is 0 Å². The molecule has 36 heavy (non-hydrogen) atoms. The molecule has 184 valence electrons. The van der Waals surface area contributed by atoms with Crippen molar-refractivity contribution in [1.82, 2.24) is 0 Å². The summed E-state index contributed by atoms with van der Waals surface area (Å²) in [5, 5.41) is 3.49. The van der Waals surface area contributed by atoms with Gasteiger partial charge in [-0.05, 0) is 85.1 Å². The van der Waals surface area contributed by atoms with Crippen LogP contribution in [0.5, 0.6) is 23.0 Å². The monoisotopic (exact) mass is 543 g/mol. The number of halogens is 1. The van der Waals surface area contributed by atoms with Gasteiger partial charge in [-0.15, -0.1) is 6.58 Å². The van der Waals surface area contributed by atoms with E-state index in [4.69, 9.17) is 14.2 Å². The van der Waals surface area contributed by atoms with Gasteiger partial charge in [0, 0.05) is 22.3 Å². The highest BCUT2D eigenvalue weighted by atomic mass is 79.9. The second-order valence-corrected chi connectivity index (χ2v) is 9.13. The summed E-state index contributed by atoms with van der Waals surface area (Å²) in [6.07, 6.45) is 2.58. The Balaban J connectivity index is 1.46. The maximum Gasteiger partial charge on any atom is 0.165 e. The van der Waals surface area contributed by atoms with Crippen molar-refractivity contribution < 1.29 is 14.2 Å². The van der Waals surface area contributed by atoms with Gasteiger partial charge < -0.3 is 19.5 Å². The van der Waals surface area contributed by atoms with E-state index >= 15 is 0 Å². The molecule has 0 spiro atoms. The normalized spacial score (nSPS) is 10.5. The second kappa shape index (κ2) is 12.8. The highest BCUT2D eigenvalue weighted by molar-refractivity contribution is 9.10. The molecule has 0 aliphatic carbocycles. The van der Waals surface area contributed by atoms with E-state index < -0.39 is 0 Å². The Kier molecular flexibility index (Phi) is 9.06. The topological polar surface area (TPSA) is 39.7 Å². The van der Waals surface area contributed by atoms with Crippen LogP contribution in [-0.2, 0) is 19.6 Å². The van der Waals surface area contributed by atoms with Crippen molar-refractivity contribution in [2.24, 2.45) is 0 Å². The molecule has 0 saturated heterocycles. The number of benzene rings is 4. The quantitative estimate of drug-likeness (QED) is 0.181. The summed E-state index contributed by atoms with van der Waals surface area (Å²) >= 11 is 3.48. The van der Waals surface area contributed by atoms with Gasteiger partial charge in [-0.2, -0.15) is 0 Å². The third-order valence-electron chi connectivity index (χ3n) is 5.48. The molecule has 0 aliphatic rings. The van der Waals surface area contributed by atoms with Gasteiger partial charge in [-0.3, -0.25) is 0 Å². The molecule has 0 unspecified atom stereocenters. The minimum absolute atomic E-state index is 0.465. The zero-order valence-corrected chi connectivity index (χ0v) is 22.0.